The summed E-state index contributed by atoms with van der Waals surface area (Å²) >= 11 is 0. The molecule has 2 N–H and O–H groups in total. The standard InChI is InChI=1S/C20H22N2O2/c1-13-11-16-5-3-4-6-18(16)20(13)22-19(24)12-15-7-9-17(10-8-15)21-14(2)23/h3-10,13,20H,11-12H2,1-2H3,(H,21,23)(H,22,24)/t13-,20-/m1/s1. The molecule has 0 heterocycles. The third kappa shape index (κ3) is 3.65. The van der Waals surface area contributed by atoms with Gasteiger partial charge in [0.25, 0.3) is 0 Å². The van der Waals surface area contributed by atoms with E-state index in [-0.39, 0.29) is 17.9 Å². The molecule has 0 saturated heterocycles. The average molecular weight is 322 g/mol. The molecular formula is C20H22N2O2. The lowest BCUT2D eigenvalue weighted by atomic mass is 10.0. The van der Waals surface area contributed by atoms with Gasteiger partial charge in [-0.1, -0.05) is 43.3 Å². The van der Waals surface area contributed by atoms with Crippen LogP contribution in [0.5, 0.6) is 0 Å². The van der Waals surface area contributed by atoms with Gasteiger partial charge < -0.3 is 10.6 Å². The number of hydrogen-bond donors (Lipinski definition) is 2. The highest BCUT2D eigenvalue weighted by atomic mass is 16.2. The van der Waals surface area contributed by atoms with E-state index in [0.717, 1.165) is 17.7 Å². The SMILES string of the molecule is CC(=O)Nc1ccc(CC(=O)N[C@H]2c3ccccc3C[C@H]2C)cc1. The molecule has 3 rings (SSSR count). The van der Waals surface area contributed by atoms with Gasteiger partial charge in [-0.3, -0.25) is 9.59 Å². The number of rotatable bonds is 4. The molecule has 24 heavy (non-hydrogen) atoms. The van der Waals surface area contributed by atoms with Crippen LogP contribution in [-0.4, -0.2) is 11.8 Å². The smallest absolute Gasteiger partial charge is 0.224 e. The first-order valence-corrected chi connectivity index (χ1v) is 8.26. The zero-order chi connectivity index (χ0) is 17.1. The van der Waals surface area contributed by atoms with Crippen molar-refractivity contribution in [1.82, 2.24) is 5.32 Å². The number of fused-ring (bicyclic) bond motifs is 1. The van der Waals surface area contributed by atoms with Crippen molar-refractivity contribution in [3.63, 3.8) is 0 Å². The van der Waals surface area contributed by atoms with Crippen LogP contribution in [0.25, 0.3) is 0 Å². The summed E-state index contributed by atoms with van der Waals surface area (Å²) < 4.78 is 0. The molecule has 1 aliphatic carbocycles. The van der Waals surface area contributed by atoms with Crippen molar-refractivity contribution in [2.24, 2.45) is 5.92 Å². The van der Waals surface area contributed by atoms with Crippen LogP contribution in [0.2, 0.25) is 0 Å². The Bertz CT molecular complexity index is 752. The predicted octanol–water partition coefficient (Wildman–Crippen LogP) is 3.24. The van der Waals surface area contributed by atoms with Gasteiger partial charge in [-0.05, 0) is 41.2 Å². The summed E-state index contributed by atoms with van der Waals surface area (Å²) in [6.45, 7) is 3.65. The van der Waals surface area contributed by atoms with Crippen LogP contribution < -0.4 is 10.6 Å². The molecule has 0 fully saturated rings. The zero-order valence-corrected chi connectivity index (χ0v) is 14.0. The van der Waals surface area contributed by atoms with Crippen LogP contribution in [0.15, 0.2) is 48.5 Å². The van der Waals surface area contributed by atoms with Gasteiger partial charge in [0.1, 0.15) is 0 Å². The van der Waals surface area contributed by atoms with Crippen LogP contribution in [0.4, 0.5) is 5.69 Å². The molecule has 124 valence electrons. The van der Waals surface area contributed by atoms with Crippen molar-refractivity contribution in [2.45, 2.75) is 32.7 Å². The summed E-state index contributed by atoms with van der Waals surface area (Å²) in [6.07, 6.45) is 1.35. The maximum Gasteiger partial charge on any atom is 0.224 e. The highest BCUT2D eigenvalue weighted by molar-refractivity contribution is 5.88. The largest absolute Gasteiger partial charge is 0.349 e. The number of benzene rings is 2. The molecule has 4 nitrogen and oxygen atoms in total. The fourth-order valence-corrected chi connectivity index (χ4v) is 3.33. The number of carbonyl (C=O) groups is 2. The third-order valence-electron chi connectivity index (χ3n) is 4.46. The second kappa shape index (κ2) is 6.87. The van der Waals surface area contributed by atoms with Crippen molar-refractivity contribution >= 4 is 17.5 Å². The Balaban J connectivity index is 1.63. The van der Waals surface area contributed by atoms with Gasteiger partial charge >= 0.3 is 0 Å². The van der Waals surface area contributed by atoms with Gasteiger partial charge in [0.15, 0.2) is 0 Å². The average Bonchev–Trinajstić information content (AvgIpc) is 2.85. The lowest BCUT2D eigenvalue weighted by Gasteiger charge is -2.19. The highest BCUT2D eigenvalue weighted by Crippen LogP contribution is 2.35. The summed E-state index contributed by atoms with van der Waals surface area (Å²) in [5, 5.41) is 5.89. The topological polar surface area (TPSA) is 58.2 Å². The predicted molar refractivity (Wildman–Crippen MR) is 94.6 cm³/mol. The minimum atomic E-state index is -0.102. The Hall–Kier alpha value is -2.62. The van der Waals surface area contributed by atoms with Crippen molar-refractivity contribution in [2.75, 3.05) is 5.32 Å². The lowest BCUT2D eigenvalue weighted by Crippen LogP contribution is -2.31. The molecule has 0 unspecified atom stereocenters. The van der Waals surface area contributed by atoms with E-state index >= 15 is 0 Å². The first-order chi connectivity index (χ1) is 11.5. The molecule has 0 bridgehead atoms. The quantitative estimate of drug-likeness (QED) is 0.908. The highest BCUT2D eigenvalue weighted by Gasteiger charge is 2.29. The molecule has 2 amide bonds. The van der Waals surface area contributed by atoms with E-state index < -0.39 is 0 Å². The van der Waals surface area contributed by atoms with Crippen LogP contribution in [0, 0.1) is 5.92 Å². The van der Waals surface area contributed by atoms with Gasteiger partial charge in [-0.15, -0.1) is 0 Å². The van der Waals surface area contributed by atoms with Crippen molar-refractivity contribution < 1.29 is 9.59 Å². The van der Waals surface area contributed by atoms with E-state index in [9.17, 15) is 9.59 Å². The third-order valence-corrected chi connectivity index (χ3v) is 4.46. The Labute approximate surface area is 142 Å². The second-order valence-corrected chi connectivity index (χ2v) is 6.48. The molecule has 2 atom stereocenters. The molecule has 2 aromatic rings. The second-order valence-electron chi connectivity index (χ2n) is 6.48. The summed E-state index contributed by atoms with van der Waals surface area (Å²) in [4.78, 5) is 23.4. The van der Waals surface area contributed by atoms with Gasteiger partial charge in [0.05, 0.1) is 12.5 Å². The fourth-order valence-electron chi connectivity index (χ4n) is 3.33. The molecule has 0 aromatic heterocycles. The van der Waals surface area contributed by atoms with Gasteiger partial charge in [-0.25, -0.2) is 0 Å². The van der Waals surface area contributed by atoms with Gasteiger partial charge in [0, 0.05) is 12.6 Å². The van der Waals surface area contributed by atoms with E-state index in [2.05, 4.69) is 29.7 Å². The van der Waals surface area contributed by atoms with Crippen LogP contribution in [0.3, 0.4) is 0 Å². The maximum absolute atomic E-state index is 12.4. The Morgan fingerprint density at radius 3 is 2.50 bits per heavy atom. The molecule has 4 heteroatoms. The normalized spacial score (nSPS) is 18.8. The number of carbonyl (C=O) groups excluding carboxylic acids is 2. The number of hydrogen-bond acceptors (Lipinski definition) is 2. The number of anilines is 1. The number of amides is 2. The molecule has 0 aliphatic heterocycles. The van der Waals surface area contributed by atoms with Crippen LogP contribution >= 0.6 is 0 Å². The molecule has 0 radical (unpaired) electrons. The summed E-state index contributed by atoms with van der Waals surface area (Å²) in [7, 11) is 0. The lowest BCUT2D eigenvalue weighted by molar-refractivity contribution is -0.121. The molecule has 0 spiro atoms. The maximum atomic E-state index is 12.4. The summed E-state index contributed by atoms with van der Waals surface area (Å²) in [5.41, 5.74) is 4.24. The van der Waals surface area contributed by atoms with E-state index in [4.69, 9.17) is 0 Å². The van der Waals surface area contributed by atoms with E-state index in [1.165, 1.54) is 18.1 Å². The Morgan fingerprint density at radius 2 is 1.79 bits per heavy atom. The van der Waals surface area contributed by atoms with Crippen molar-refractivity contribution in [3.8, 4) is 0 Å². The van der Waals surface area contributed by atoms with E-state index in [1.54, 1.807) is 0 Å². The molecule has 0 saturated carbocycles. The number of nitrogens with one attached hydrogen (secondary N) is 2. The van der Waals surface area contributed by atoms with Crippen LogP contribution in [0.1, 0.15) is 36.6 Å². The molecule has 2 aromatic carbocycles. The van der Waals surface area contributed by atoms with Gasteiger partial charge in [-0.2, -0.15) is 0 Å². The van der Waals surface area contributed by atoms with Crippen molar-refractivity contribution in [3.05, 3.63) is 65.2 Å². The minimum Gasteiger partial charge on any atom is -0.349 e. The monoisotopic (exact) mass is 322 g/mol. The fraction of sp³-hybridized carbons (Fsp3) is 0.300. The Kier molecular flexibility index (Phi) is 4.65. The first-order valence-electron chi connectivity index (χ1n) is 8.26. The zero-order valence-electron chi connectivity index (χ0n) is 14.0. The summed E-state index contributed by atoms with van der Waals surface area (Å²) in [6, 6.07) is 15.8. The molecule has 1 aliphatic rings. The van der Waals surface area contributed by atoms with E-state index in [1.807, 2.05) is 36.4 Å². The van der Waals surface area contributed by atoms with Crippen molar-refractivity contribution in [1.29, 1.82) is 0 Å². The van der Waals surface area contributed by atoms with Crippen LogP contribution in [-0.2, 0) is 22.4 Å². The first kappa shape index (κ1) is 16.2. The Morgan fingerprint density at radius 1 is 1.08 bits per heavy atom. The van der Waals surface area contributed by atoms with Gasteiger partial charge in [0.2, 0.25) is 11.8 Å². The van der Waals surface area contributed by atoms with E-state index in [0.29, 0.717) is 12.3 Å². The minimum absolute atomic E-state index is 0.0239. The molecular weight excluding hydrogens is 300 g/mol. The summed E-state index contributed by atoms with van der Waals surface area (Å²) in [5.74, 6) is 0.332.